The summed E-state index contributed by atoms with van der Waals surface area (Å²) in [5.74, 6) is 0.520. The largest absolute Gasteiger partial charge is 0.328 e. The Kier molecular flexibility index (Phi) is 4.50. The maximum atomic E-state index is 11.8. The number of fused-ring (bicyclic) bond motifs is 1. The third-order valence-electron chi connectivity index (χ3n) is 3.67. The molecule has 0 bridgehead atoms. The second-order valence-electron chi connectivity index (χ2n) is 4.79. The summed E-state index contributed by atoms with van der Waals surface area (Å²) in [6, 6.07) is 5.57. The van der Waals surface area contributed by atoms with Crippen LogP contribution >= 0.6 is 24.0 Å². The van der Waals surface area contributed by atoms with Gasteiger partial charge in [-0.05, 0) is 54.9 Å². The van der Waals surface area contributed by atoms with E-state index in [1.54, 1.807) is 6.07 Å². The van der Waals surface area contributed by atoms with Gasteiger partial charge in [-0.25, -0.2) is 0 Å². The predicted octanol–water partition coefficient (Wildman–Crippen LogP) is 3.07. The van der Waals surface area contributed by atoms with Crippen molar-refractivity contribution in [1.82, 2.24) is 10.3 Å². The number of aromatic amines is 1. The SMILES string of the molecule is Cl.O=c1[nH]cc(C2CCNCC2)c2ccc(Cl)cc12. The molecular formula is C14H16Cl2N2O. The molecule has 19 heavy (non-hydrogen) atoms. The van der Waals surface area contributed by atoms with E-state index in [0.29, 0.717) is 16.3 Å². The van der Waals surface area contributed by atoms with E-state index in [4.69, 9.17) is 11.6 Å². The summed E-state index contributed by atoms with van der Waals surface area (Å²) < 4.78 is 0. The van der Waals surface area contributed by atoms with E-state index in [-0.39, 0.29) is 18.0 Å². The van der Waals surface area contributed by atoms with E-state index >= 15 is 0 Å². The van der Waals surface area contributed by atoms with E-state index in [1.807, 2.05) is 18.3 Å². The van der Waals surface area contributed by atoms with Crippen molar-refractivity contribution in [3.8, 4) is 0 Å². The number of rotatable bonds is 1. The Labute approximate surface area is 122 Å². The molecule has 1 aliphatic rings. The fraction of sp³-hybridized carbons (Fsp3) is 0.357. The van der Waals surface area contributed by atoms with Crippen LogP contribution < -0.4 is 10.9 Å². The van der Waals surface area contributed by atoms with E-state index in [1.165, 1.54) is 5.56 Å². The van der Waals surface area contributed by atoms with Gasteiger partial charge in [0.25, 0.3) is 5.56 Å². The molecule has 1 saturated heterocycles. The van der Waals surface area contributed by atoms with Crippen LogP contribution in [0, 0.1) is 0 Å². The summed E-state index contributed by atoms with van der Waals surface area (Å²) >= 11 is 5.97. The van der Waals surface area contributed by atoms with Gasteiger partial charge in [0.1, 0.15) is 0 Å². The van der Waals surface area contributed by atoms with Crippen LogP contribution in [0.3, 0.4) is 0 Å². The van der Waals surface area contributed by atoms with Crippen LogP contribution in [0.2, 0.25) is 5.02 Å². The number of piperidine rings is 1. The van der Waals surface area contributed by atoms with Gasteiger partial charge in [0, 0.05) is 16.6 Å². The molecule has 1 aromatic heterocycles. The molecule has 2 aromatic rings. The molecule has 0 amide bonds. The van der Waals surface area contributed by atoms with Gasteiger partial charge >= 0.3 is 0 Å². The number of aromatic nitrogens is 1. The Bertz CT molecular complexity index is 633. The van der Waals surface area contributed by atoms with Gasteiger partial charge in [0.2, 0.25) is 0 Å². The number of hydrogen-bond acceptors (Lipinski definition) is 2. The van der Waals surface area contributed by atoms with Crippen molar-refractivity contribution in [3.63, 3.8) is 0 Å². The molecule has 0 atom stereocenters. The van der Waals surface area contributed by atoms with Crippen LogP contribution in [0.25, 0.3) is 10.8 Å². The fourth-order valence-electron chi connectivity index (χ4n) is 2.73. The first-order valence-electron chi connectivity index (χ1n) is 6.27. The lowest BCUT2D eigenvalue weighted by molar-refractivity contribution is 0.461. The van der Waals surface area contributed by atoms with Crippen LogP contribution in [-0.4, -0.2) is 18.1 Å². The number of benzene rings is 1. The van der Waals surface area contributed by atoms with Crippen LogP contribution in [-0.2, 0) is 0 Å². The fourth-order valence-corrected chi connectivity index (χ4v) is 2.90. The molecule has 102 valence electrons. The molecule has 1 fully saturated rings. The molecule has 3 nitrogen and oxygen atoms in total. The van der Waals surface area contributed by atoms with Gasteiger partial charge in [0.05, 0.1) is 0 Å². The highest BCUT2D eigenvalue weighted by molar-refractivity contribution is 6.31. The number of nitrogens with one attached hydrogen (secondary N) is 2. The highest BCUT2D eigenvalue weighted by Gasteiger charge is 2.18. The van der Waals surface area contributed by atoms with Crippen molar-refractivity contribution < 1.29 is 0 Å². The third-order valence-corrected chi connectivity index (χ3v) is 3.91. The van der Waals surface area contributed by atoms with Gasteiger partial charge in [-0.1, -0.05) is 17.7 Å². The maximum Gasteiger partial charge on any atom is 0.255 e. The van der Waals surface area contributed by atoms with Gasteiger partial charge < -0.3 is 10.3 Å². The van der Waals surface area contributed by atoms with Crippen molar-refractivity contribution >= 4 is 34.8 Å². The zero-order valence-electron chi connectivity index (χ0n) is 10.4. The van der Waals surface area contributed by atoms with E-state index in [2.05, 4.69) is 10.3 Å². The minimum Gasteiger partial charge on any atom is -0.328 e. The van der Waals surface area contributed by atoms with Gasteiger partial charge in [-0.2, -0.15) is 0 Å². The molecule has 2 heterocycles. The summed E-state index contributed by atoms with van der Waals surface area (Å²) in [7, 11) is 0. The topological polar surface area (TPSA) is 44.9 Å². The molecule has 0 aliphatic carbocycles. The van der Waals surface area contributed by atoms with Crippen LogP contribution in [0.5, 0.6) is 0 Å². The molecule has 1 aromatic carbocycles. The molecule has 0 radical (unpaired) electrons. The average molecular weight is 299 g/mol. The summed E-state index contributed by atoms with van der Waals surface area (Å²) in [6.07, 6.45) is 4.10. The lowest BCUT2D eigenvalue weighted by Crippen LogP contribution is -2.27. The molecule has 5 heteroatoms. The second-order valence-corrected chi connectivity index (χ2v) is 5.22. The summed E-state index contributed by atoms with van der Waals surface area (Å²) in [5.41, 5.74) is 1.17. The molecule has 0 unspecified atom stereocenters. The quantitative estimate of drug-likeness (QED) is 0.850. The number of halogens is 2. The molecular weight excluding hydrogens is 283 g/mol. The van der Waals surface area contributed by atoms with E-state index in [0.717, 1.165) is 31.3 Å². The van der Waals surface area contributed by atoms with Crippen molar-refractivity contribution in [3.05, 3.63) is 45.3 Å². The minimum absolute atomic E-state index is 0. The lowest BCUT2D eigenvalue weighted by atomic mass is 9.88. The molecule has 2 N–H and O–H groups in total. The summed E-state index contributed by atoms with van der Waals surface area (Å²) in [4.78, 5) is 14.7. The molecule has 3 rings (SSSR count). The predicted molar refractivity (Wildman–Crippen MR) is 81.7 cm³/mol. The maximum absolute atomic E-state index is 11.8. The third kappa shape index (κ3) is 2.78. The first-order chi connectivity index (χ1) is 8.75. The highest BCUT2D eigenvalue weighted by Crippen LogP contribution is 2.30. The van der Waals surface area contributed by atoms with Crippen LogP contribution in [0.15, 0.2) is 29.2 Å². The van der Waals surface area contributed by atoms with Crippen molar-refractivity contribution in [2.45, 2.75) is 18.8 Å². The standard InChI is InChI=1S/C14H15ClN2O.ClH/c15-10-1-2-11-12(7-10)14(18)17-8-13(11)9-3-5-16-6-4-9;/h1-2,7-9,16H,3-6H2,(H,17,18);1H. The summed E-state index contributed by atoms with van der Waals surface area (Å²) in [5, 5.41) is 5.70. The second kappa shape index (κ2) is 5.95. The Morgan fingerprint density at radius 1 is 1.16 bits per heavy atom. The van der Waals surface area contributed by atoms with Crippen molar-refractivity contribution in [2.24, 2.45) is 0 Å². The zero-order valence-corrected chi connectivity index (χ0v) is 12.0. The van der Waals surface area contributed by atoms with E-state index in [9.17, 15) is 4.79 Å². The highest BCUT2D eigenvalue weighted by atomic mass is 35.5. The number of pyridine rings is 1. The lowest BCUT2D eigenvalue weighted by Gasteiger charge is -2.23. The normalized spacial score (nSPS) is 16.3. The number of H-pyrrole nitrogens is 1. The average Bonchev–Trinajstić information content (AvgIpc) is 2.41. The Balaban J connectivity index is 0.00000133. The van der Waals surface area contributed by atoms with Gasteiger partial charge in [-0.15, -0.1) is 12.4 Å². The molecule has 1 aliphatic heterocycles. The van der Waals surface area contributed by atoms with E-state index < -0.39 is 0 Å². The van der Waals surface area contributed by atoms with Crippen LogP contribution in [0.4, 0.5) is 0 Å². The van der Waals surface area contributed by atoms with Gasteiger partial charge in [0.15, 0.2) is 0 Å². The van der Waals surface area contributed by atoms with Gasteiger partial charge in [-0.3, -0.25) is 4.79 Å². The van der Waals surface area contributed by atoms with Crippen molar-refractivity contribution in [1.29, 1.82) is 0 Å². The minimum atomic E-state index is -0.0646. The summed E-state index contributed by atoms with van der Waals surface area (Å²) in [6.45, 7) is 2.08. The molecule has 0 spiro atoms. The monoisotopic (exact) mass is 298 g/mol. The number of hydrogen-bond donors (Lipinski definition) is 2. The zero-order chi connectivity index (χ0) is 12.5. The Morgan fingerprint density at radius 3 is 2.63 bits per heavy atom. The first kappa shape index (κ1) is 14.4. The Morgan fingerprint density at radius 2 is 1.89 bits per heavy atom. The Hall–Kier alpha value is -1.03. The van der Waals surface area contributed by atoms with Crippen molar-refractivity contribution in [2.75, 3.05) is 13.1 Å². The smallest absolute Gasteiger partial charge is 0.255 e. The first-order valence-corrected chi connectivity index (χ1v) is 6.65. The molecule has 0 saturated carbocycles. The van der Waals surface area contributed by atoms with Crippen LogP contribution in [0.1, 0.15) is 24.3 Å².